The topological polar surface area (TPSA) is 108 Å². The van der Waals surface area contributed by atoms with Gasteiger partial charge in [-0.3, -0.25) is 9.59 Å². The molecule has 0 atom stereocenters. The van der Waals surface area contributed by atoms with Crippen LogP contribution in [0.3, 0.4) is 0 Å². The van der Waals surface area contributed by atoms with Crippen molar-refractivity contribution >= 4 is 58.0 Å². The number of carboxylic acids is 1. The summed E-state index contributed by atoms with van der Waals surface area (Å²) in [6.07, 6.45) is 9.59. The highest BCUT2D eigenvalue weighted by Gasteiger charge is 2.03. The Morgan fingerprint density at radius 2 is 1.10 bits per heavy atom. The highest BCUT2D eigenvalue weighted by molar-refractivity contribution is 5.82. The van der Waals surface area contributed by atoms with E-state index < -0.39 is 5.97 Å². The Morgan fingerprint density at radius 1 is 0.596 bits per heavy atom. The SMILES string of the molecule is CCOC(=O)CCCOc1cccc(/C=C/c2ccc3ccccc3n2)c1.O=C(O)CCCOc1cccc(/C=C/c2ccc3ccccc3n2)c1. The minimum atomic E-state index is -0.803. The predicted molar refractivity (Wildman–Crippen MR) is 208 cm³/mol. The van der Waals surface area contributed by atoms with E-state index in [9.17, 15) is 9.59 Å². The maximum absolute atomic E-state index is 11.3. The van der Waals surface area contributed by atoms with E-state index in [4.69, 9.17) is 19.3 Å². The zero-order chi connectivity index (χ0) is 36.4. The van der Waals surface area contributed by atoms with Crippen LogP contribution in [0.1, 0.15) is 55.1 Å². The number of esters is 1. The molecule has 0 bridgehead atoms. The zero-order valence-electron chi connectivity index (χ0n) is 29.2. The van der Waals surface area contributed by atoms with Crippen molar-refractivity contribution in [3.63, 3.8) is 0 Å². The average Bonchev–Trinajstić information content (AvgIpc) is 3.17. The van der Waals surface area contributed by atoms with Crippen LogP contribution in [-0.2, 0) is 14.3 Å². The number of rotatable bonds is 15. The number of para-hydroxylation sites is 2. The lowest BCUT2D eigenvalue weighted by Gasteiger charge is -2.07. The van der Waals surface area contributed by atoms with Gasteiger partial charge in [-0.1, -0.05) is 84.9 Å². The van der Waals surface area contributed by atoms with E-state index in [-0.39, 0.29) is 12.4 Å². The Bertz CT molecular complexity index is 2140. The summed E-state index contributed by atoms with van der Waals surface area (Å²) in [6.45, 7) is 3.10. The molecule has 0 aliphatic heterocycles. The Balaban J connectivity index is 0.000000202. The molecule has 2 heterocycles. The van der Waals surface area contributed by atoms with Crippen LogP contribution in [0.2, 0.25) is 0 Å². The number of hydrogen-bond acceptors (Lipinski definition) is 7. The molecule has 264 valence electrons. The maximum Gasteiger partial charge on any atom is 0.305 e. The number of carboxylic acid groups (broad SMARTS) is 1. The van der Waals surface area contributed by atoms with Gasteiger partial charge in [-0.25, -0.2) is 9.97 Å². The van der Waals surface area contributed by atoms with Gasteiger partial charge in [-0.2, -0.15) is 0 Å². The van der Waals surface area contributed by atoms with E-state index in [1.165, 1.54) is 0 Å². The summed E-state index contributed by atoms with van der Waals surface area (Å²) in [5.41, 5.74) is 5.80. The van der Waals surface area contributed by atoms with Crippen LogP contribution in [0.25, 0.3) is 46.1 Å². The standard InChI is InChI=1S/C23H23NO3.C21H19NO3/c1-2-26-23(25)11-6-16-27-21-9-5-7-18(17-21)12-14-20-15-13-19-8-3-4-10-22(19)24-20;23-21(24)9-4-14-25-19-7-3-5-16(15-19)10-12-18-13-11-17-6-1-2-8-20(17)22-18/h3-5,7-10,12-15,17H,2,6,11,16H2,1H3;1-3,5-8,10-13,15H,4,9,14H2,(H,23,24)/b14-12+;12-10+. The van der Waals surface area contributed by atoms with E-state index in [1.807, 2.05) is 127 Å². The van der Waals surface area contributed by atoms with E-state index in [0.29, 0.717) is 39.1 Å². The zero-order valence-corrected chi connectivity index (χ0v) is 29.2. The van der Waals surface area contributed by atoms with Gasteiger partial charge in [0.1, 0.15) is 11.5 Å². The lowest BCUT2D eigenvalue weighted by Crippen LogP contribution is -2.06. The predicted octanol–water partition coefficient (Wildman–Crippen LogP) is 9.78. The normalized spacial score (nSPS) is 11.0. The molecule has 0 saturated heterocycles. The highest BCUT2D eigenvalue weighted by atomic mass is 16.5. The molecular formula is C44H42N2O6. The highest BCUT2D eigenvalue weighted by Crippen LogP contribution is 2.19. The van der Waals surface area contributed by atoms with Crippen LogP contribution in [0, 0.1) is 0 Å². The number of aliphatic carboxylic acids is 1. The van der Waals surface area contributed by atoms with Gasteiger partial charge in [0.2, 0.25) is 0 Å². The number of fused-ring (bicyclic) bond motifs is 2. The summed E-state index contributed by atoms with van der Waals surface area (Å²) in [7, 11) is 0. The van der Waals surface area contributed by atoms with Crippen LogP contribution in [0.5, 0.6) is 11.5 Å². The van der Waals surface area contributed by atoms with Crippen molar-refractivity contribution in [1.82, 2.24) is 9.97 Å². The number of aromatic nitrogens is 2. The largest absolute Gasteiger partial charge is 0.494 e. The van der Waals surface area contributed by atoms with Gasteiger partial charge in [0, 0.05) is 23.6 Å². The van der Waals surface area contributed by atoms with Gasteiger partial charge in [0.25, 0.3) is 0 Å². The van der Waals surface area contributed by atoms with Crippen LogP contribution >= 0.6 is 0 Å². The van der Waals surface area contributed by atoms with Gasteiger partial charge in [0.05, 0.1) is 42.2 Å². The first-order chi connectivity index (χ1) is 25.4. The third kappa shape index (κ3) is 12.2. The molecular weight excluding hydrogens is 652 g/mol. The third-order valence-corrected chi connectivity index (χ3v) is 7.75. The summed E-state index contributed by atoms with van der Waals surface area (Å²) in [5.74, 6) is 0.537. The monoisotopic (exact) mass is 694 g/mol. The summed E-state index contributed by atoms with van der Waals surface area (Å²) in [5, 5.41) is 10.9. The minimum absolute atomic E-state index is 0.118. The Kier molecular flexibility index (Phi) is 14.1. The molecule has 8 nitrogen and oxygen atoms in total. The molecule has 0 unspecified atom stereocenters. The molecule has 1 N–H and O–H groups in total. The van der Waals surface area contributed by atoms with Crippen LogP contribution in [0.4, 0.5) is 0 Å². The van der Waals surface area contributed by atoms with Crippen molar-refractivity contribution < 1.29 is 28.9 Å². The maximum atomic E-state index is 11.3. The number of benzene rings is 4. The Morgan fingerprint density at radius 3 is 1.60 bits per heavy atom. The van der Waals surface area contributed by atoms with Crippen LogP contribution in [0.15, 0.2) is 121 Å². The van der Waals surface area contributed by atoms with Gasteiger partial charge in [-0.15, -0.1) is 0 Å². The number of pyridine rings is 2. The molecule has 0 radical (unpaired) electrons. The second kappa shape index (κ2) is 19.8. The van der Waals surface area contributed by atoms with Crippen LogP contribution < -0.4 is 9.47 Å². The van der Waals surface area contributed by atoms with Gasteiger partial charge < -0.3 is 19.3 Å². The van der Waals surface area contributed by atoms with Crippen molar-refractivity contribution in [1.29, 1.82) is 0 Å². The summed E-state index contributed by atoms with van der Waals surface area (Å²) < 4.78 is 16.2. The van der Waals surface area contributed by atoms with E-state index in [0.717, 1.165) is 55.8 Å². The van der Waals surface area contributed by atoms with Crippen molar-refractivity contribution in [3.05, 3.63) is 144 Å². The molecule has 6 aromatic rings. The molecule has 0 saturated carbocycles. The fraction of sp³-hybridized carbons (Fsp3) is 0.182. The Hall–Kier alpha value is -6.28. The second-order valence-electron chi connectivity index (χ2n) is 11.8. The second-order valence-corrected chi connectivity index (χ2v) is 11.8. The smallest absolute Gasteiger partial charge is 0.305 e. The molecule has 0 aliphatic rings. The molecule has 0 aliphatic carbocycles. The van der Waals surface area contributed by atoms with E-state index in [1.54, 1.807) is 6.92 Å². The molecule has 4 aromatic carbocycles. The number of ether oxygens (including phenoxy) is 3. The van der Waals surface area contributed by atoms with Gasteiger partial charge in [0.15, 0.2) is 0 Å². The Labute approximate surface area is 304 Å². The molecule has 0 spiro atoms. The number of nitrogens with zero attached hydrogens (tertiary/aromatic N) is 2. The summed E-state index contributed by atoms with van der Waals surface area (Å²) >= 11 is 0. The van der Waals surface area contributed by atoms with Gasteiger partial charge in [-0.05, 0) is 91.6 Å². The molecule has 6 rings (SSSR count). The van der Waals surface area contributed by atoms with Crippen molar-refractivity contribution in [2.45, 2.75) is 32.6 Å². The third-order valence-electron chi connectivity index (χ3n) is 7.75. The first-order valence-electron chi connectivity index (χ1n) is 17.4. The molecule has 0 fully saturated rings. The lowest BCUT2D eigenvalue weighted by atomic mass is 10.1. The number of carbonyl (C=O) groups is 2. The molecule has 8 heteroatoms. The summed E-state index contributed by atoms with van der Waals surface area (Å²) in [4.78, 5) is 31.1. The summed E-state index contributed by atoms with van der Waals surface area (Å²) in [6, 6.07) is 39.8. The number of hydrogen-bond donors (Lipinski definition) is 1. The fourth-order valence-corrected chi connectivity index (χ4v) is 5.18. The van der Waals surface area contributed by atoms with E-state index >= 15 is 0 Å². The lowest BCUT2D eigenvalue weighted by molar-refractivity contribution is -0.143. The van der Waals surface area contributed by atoms with Gasteiger partial charge >= 0.3 is 11.9 Å². The molecule has 0 amide bonds. The molecule has 2 aromatic heterocycles. The van der Waals surface area contributed by atoms with Crippen molar-refractivity contribution in [3.8, 4) is 11.5 Å². The van der Waals surface area contributed by atoms with Crippen molar-refractivity contribution in [2.75, 3.05) is 19.8 Å². The van der Waals surface area contributed by atoms with Crippen molar-refractivity contribution in [2.24, 2.45) is 0 Å². The minimum Gasteiger partial charge on any atom is -0.494 e. The first kappa shape index (κ1) is 37.0. The van der Waals surface area contributed by atoms with E-state index in [2.05, 4.69) is 28.2 Å². The quantitative estimate of drug-likeness (QED) is 0.0836. The number of carbonyl (C=O) groups excluding carboxylic acids is 1. The molecule has 52 heavy (non-hydrogen) atoms. The fourth-order valence-electron chi connectivity index (χ4n) is 5.18. The van der Waals surface area contributed by atoms with Crippen LogP contribution in [-0.4, -0.2) is 46.8 Å². The first-order valence-corrected chi connectivity index (χ1v) is 17.4. The average molecular weight is 695 g/mol.